The molecule has 0 bridgehead atoms. The highest BCUT2D eigenvalue weighted by molar-refractivity contribution is 7.80. The lowest BCUT2D eigenvalue weighted by molar-refractivity contribution is -0.126. The molecule has 5 nitrogen and oxygen atoms in total. The van der Waals surface area contributed by atoms with Crippen molar-refractivity contribution in [2.45, 2.75) is 6.42 Å². The Morgan fingerprint density at radius 1 is 1.50 bits per heavy atom. The van der Waals surface area contributed by atoms with Gasteiger partial charge < -0.3 is 10.5 Å². The molecular formula is C10H13N3O2S. The zero-order chi connectivity index (χ0) is 12.1. The third-order valence-corrected chi connectivity index (χ3v) is 2.24. The number of methoxy groups -OCH3 is 1. The van der Waals surface area contributed by atoms with Crippen molar-refractivity contribution in [2.24, 2.45) is 11.6 Å². The van der Waals surface area contributed by atoms with Crippen LogP contribution in [0.15, 0.2) is 24.3 Å². The lowest BCUT2D eigenvalue weighted by Gasteiger charge is -2.14. The number of hydrazine groups is 1. The number of amides is 1. The van der Waals surface area contributed by atoms with E-state index in [1.54, 1.807) is 12.1 Å². The van der Waals surface area contributed by atoms with E-state index < -0.39 is 0 Å². The summed E-state index contributed by atoms with van der Waals surface area (Å²) in [5.41, 5.74) is 5.98. The normalized spacial score (nSPS) is 9.62. The summed E-state index contributed by atoms with van der Waals surface area (Å²) >= 11 is 4.60. The molecule has 0 saturated heterocycles. The van der Waals surface area contributed by atoms with Crippen LogP contribution in [0.25, 0.3) is 0 Å². The second-order valence-electron chi connectivity index (χ2n) is 3.09. The summed E-state index contributed by atoms with van der Waals surface area (Å²) in [6.45, 7) is 0. The molecule has 0 saturated carbocycles. The molecule has 0 unspecified atom stereocenters. The largest absolute Gasteiger partial charge is 0.496 e. The summed E-state index contributed by atoms with van der Waals surface area (Å²) < 4.78 is 5.11. The highest BCUT2D eigenvalue weighted by Crippen LogP contribution is 2.17. The van der Waals surface area contributed by atoms with Gasteiger partial charge in [-0.25, -0.2) is 10.9 Å². The Bertz CT molecular complexity index is 409. The maximum atomic E-state index is 11.6. The summed E-state index contributed by atoms with van der Waals surface area (Å²) in [5, 5.41) is 0.599. The van der Waals surface area contributed by atoms with Crippen molar-refractivity contribution in [1.82, 2.24) is 5.01 Å². The minimum Gasteiger partial charge on any atom is -0.496 e. The number of para-hydroxylation sites is 1. The number of hydrogen-bond acceptors (Lipinski definition) is 4. The van der Waals surface area contributed by atoms with Gasteiger partial charge in [-0.15, -0.1) is 0 Å². The van der Waals surface area contributed by atoms with Crippen LogP contribution in [0.3, 0.4) is 0 Å². The van der Waals surface area contributed by atoms with E-state index in [0.717, 1.165) is 10.6 Å². The summed E-state index contributed by atoms with van der Waals surface area (Å²) in [4.78, 5) is 11.6. The van der Waals surface area contributed by atoms with Gasteiger partial charge >= 0.3 is 0 Å². The van der Waals surface area contributed by atoms with E-state index in [2.05, 4.69) is 12.2 Å². The molecule has 6 heteroatoms. The van der Waals surface area contributed by atoms with Crippen molar-refractivity contribution < 1.29 is 9.53 Å². The van der Waals surface area contributed by atoms with Crippen LogP contribution in [0, 0.1) is 0 Å². The number of rotatable bonds is 3. The zero-order valence-electron chi connectivity index (χ0n) is 8.84. The Morgan fingerprint density at radius 3 is 2.69 bits per heavy atom. The summed E-state index contributed by atoms with van der Waals surface area (Å²) in [7, 11) is 1.54. The first-order chi connectivity index (χ1) is 7.56. The molecule has 86 valence electrons. The van der Waals surface area contributed by atoms with Crippen molar-refractivity contribution in [2.75, 3.05) is 7.11 Å². The average Bonchev–Trinajstić information content (AvgIpc) is 2.28. The van der Waals surface area contributed by atoms with Gasteiger partial charge in [-0.1, -0.05) is 18.2 Å². The smallest absolute Gasteiger partial charge is 0.247 e. The Kier molecular flexibility index (Phi) is 4.21. The van der Waals surface area contributed by atoms with Crippen molar-refractivity contribution in [3.63, 3.8) is 0 Å². The summed E-state index contributed by atoms with van der Waals surface area (Å²) in [6, 6.07) is 7.18. The number of carbonyl (C=O) groups excluding carboxylic acids is 1. The lowest BCUT2D eigenvalue weighted by atomic mass is 10.1. The number of nitrogens with zero attached hydrogens (tertiary/aromatic N) is 1. The molecule has 1 amide bonds. The van der Waals surface area contributed by atoms with Gasteiger partial charge in [0.15, 0.2) is 5.11 Å². The molecule has 1 rings (SSSR count). The first-order valence-electron chi connectivity index (χ1n) is 4.55. The standard InChI is InChI=1S/C10H13N3O2S/c1-15-8-5-3-2-4-7(8)6-9(14)13(12)10(11)16/h2-5H,6,12H2,1H3,(H2,11,16). The molecule has 1 aromatic carbocycles. The number of nitrogens with two attached hydrogens (primary N) is 2. The van der Waals surface area contributed by atoms with Crippen LogP contribution in [0.2, 0.25) is 0 Å². The minimum atomic E-state index is -0.378. The molecule has 1 aromatic rings. The molecule has 0 aliphatic rings. The number of benzene rings is 1. The Morgan fingerprint density at radius 2 is 2.12 bits per heavy atom. The predicted molar refractivity (Wildman–Crippen MR) is 64.5 cm³/mol. The van der Waals surface area contributed by atoms with Crippen LogP contribution in [-0.2, 0) is 11.2 Å². The van der Waals surface area contributed by atoms with Gasteiger partial charge in [-0.3, -0.25) is 4.79 Å². The Balaban J connectivity index is 2.80. The van der Waals surface area contributed by atoms with E-state index >= 15 is 0 Å². The quantitative estimate of drug-likeness (QED) is 0.340. The van der Waals surface area contributed by atoms with Gasteiger partial charge in [-0.05, 0) is 18.3 Å². The fourth-order valence-corrected chi connectivity index (χ4v) is 1.32. The fraction of sp³-hybridized carbons (Fsp3) is 0.200. The third kappa shape index (κ3) is 2.91. The van der Waals surface area contributed by atoms with Crippen LogP contribution in [-0.4, -0.2) is 23.1 Å². The maximum absolute atomic E-state index is 11.6. The summed E-state index contributed by atoms with van der Waals surface area (Å²) in [6.07, 6.45) is 0.0951. The molecule has 0 radical (unpaired) electrons. The number of thiocarbonyl (C=S) groups is 1. The highest BCUT2D eigenvalue weighted by atomic mass is 32.1. The van der Waals surface area contributed by atoms with Gasteiger partial charge in [0.25, 0.3) is 0 Å². The molecule has 0 spiro atoms. The molecule has 16 heavy (non-hydrogen) atoms. The van der Waals surface area contributed by atoms with Crippen molar-refractivity contribution in [3.05, 3.63) is 29.8 Å². The van der Waals surface area contributed by atoms with Crippen LogP contribution in [0.4, 0.5) is 0 Å². The predicted octanol–water partition coefficient (Wildman–Crippen LogP) is 0.184. The van der Waals surface area contributed by atoms with Crippen molar-refractivity contribution in [3.8, 4) is 5.75 Å². The van der Waals surface area contributed by atoms with E-state index in [9.17, 15) is 4.79 Å². The van der Waals surface area contributed by atoms with Crippen LogP contribution in [0.5, 0.6) is 5.75 Å². The van der Waals surface area contributed by atoms with Gasteiger partial charge in [0, 0.05) is 5.56 Å². The second kappa shape index (κ2) is 5.43. The maximum Gasteiger partial charge on any atom is 0.247 e. The summed E-state index contributed by atoms with van der Waals surface area (Å²) in [5.74, 6) is 5.63. The first kappa shape index (κ1) is 12.4. The monoisotopic (exact) mass is 239 g/mol. The Hall–Kier alpha value is -1.66. The second-order valence-corrected chi connectivity index (χ2v) is 3.51. The molecule has 0 aliphatic heterocycles. The van der Waals surface area contributed by atoms with E-state index in [1.165, 1.54) is 7.11 Å². The zero-order valence-corrected chi connectivity index (χ0v) is 9.66. The molecule has 4 N–H and O–H groups in total. The van der Waals surface area contributed by atoms with Gasteiger partial charge in [0.2, 0.25) is 5.91 Å². The van der Waals surface area contributed by atoms with E-state index in [1.807, 2.05) is 12.1 Å². The molecular weight excluding hydrogens is 226 g/mol. The van der Waals surface area contributed by atoms with E-state index in [4.69, 9.17) is 16.3 Å². The highest BCUT2D eigenvalue weighted by Gasteiger charge is 2.14. The van der Waals surface area contributed by atoms with Crippen molar-refractivity contribution in [1.29, 1.82) is 0 Å². The van der Waals surface area contributed by atoms with Crippen molar-refractivity contribution >= 4 is 23.2 Å². The molecule has 0 heterocycles. The molecule has 0 aromatic heterocycles. The molecule has 0 atom stereocenters. The molecule has 0 fully saturated rings. The average molecular weight is 239 g/mol. The number of hydrogen-bond donors (Lipinski definition) is 2. The number of ether oxygens (including phenoxy) is 1. The van der Waals surface area contributed by atoms with Gasteiger partial charge in [0.1, 0.15) is 5.75 Å². The molecule has 0 aliphatic carbocycles. The first-order valence-corrected chi connectivity index (χ1v) is 4.96. The SMILES string of the molecule is COc1ccccc1CC(=O)N(N)C(N)=S. The topological polar surface area (TPSA) is 81.6 Å². The number of carbonyl (C=O) groups is 1. The Labute approximate surface area is 98.9 Å². The van der Waals surface area contributed by atoms with Gasteiger partial charge in [0.05, 0.1) is 13.5 Å². The van der Waals surface area contributed by atoms with E-state index in [0.29, 0.717) is 5.75 Å². The van der Waals surface area contributed by atoms with E-state index in [-0.39, 0.29) is 17.4 Å². The third-order valence-electron chi connectivity index (χ3n) is 2.04. The minimum absolute atomic E-state index is 0.0951. The van der Waals surface area contributed by atoms with Crippen LogP contribution < -0.4 is 16.3 Å². The van der Waals surface area contributed by atoms with Gasteiger partial charge in [-0.2, -0.15) is 0 Å². The van der Waals surface area contributed by atoms with Crippen LogP contribution in [0.1, 0.15) is 5.56 Å². The lowest BCUT2D eigenvalue weighted by Crippen LogP contribution is -2.46. The fourth-order valence-electron chi connectivity index (χ4n) is 1.22. The van der Waals surface area contributed by atoms with Crippen LogP contribution >= 0.6 is 12.2 Å².